The molecular weight excluding hydrogens is 508 g/mol. The van der Waals surface area contributed by atoms with Crippen LogP contribution in [0.4, 0.5) is 4.39 Å². The van der Waals surface area contributed by atoms with Crippen LogP contribution in [0.2, 0.25) is 15.1 Å². The minimum atomic E-state index is -0.459. The van der Waals surface area contributed by atoms with Crippen LogP contribution in [0.5, 0.6) is 0 Å². The summed E-state index contributed by atoms with van der Waals surface area (Å²) in [5.74, 6) is -0.822. The summed E-state index contributed by atoms with van der Waals surface area (Å²) in [6.45, 7) is 0. The van der Waals surface area contributed by atoms with Gasteiger partial charge >= 0.3 is 5.97 Å². The van der Waals surface area contributed by atoms with Crippen LogP contribution < -0.4 is 0 Å². The van der Waals surface area contributed by atoms with Gasteiger partial charge in [-0.3, -0.25) is 0 Å². The molecule has 0 spiro atoms. The summed E-state index contributed by atoms with van der Waals surface area (Å²) < 4.78 is 19.0. The van der Waals surface area contributed by atoms with Crippen molar-refractivity contribution < 1.29 is 13.9 Å². The molecule has 1 heterocycles. The molecular formula is C28H17Cl3FNO2. The lowest BCUT2D eigenvalue weighted by atomic mass is 9.95. The summed E-state index contributed by atoms with van der Waals surface area (Å²) in [5, 5.41) is 2.00. The van der Waals surface area contributed by atoms with Crippen LogP contribution in [0.15, 0.2) is 78.9 Å². The molecule has 0 atom stereocenters. The minimum Gasteiger partial charge on any atom is -0.465 e. The van der Waals surface area contributed by atoms with E-state index in [1.807, 2.05) is 24.3 Å². The smallest absolute Gasteiger partial charge is 0.337 e. The highest BCUT2D eigenvalue weighted by Crippen LogP contribution is 2.45. The molecule has 0 aliphatic carbocycles. The molecule has 0 aliphatic heterocycles. The summed E-state index contributed by atoms with van der Waals surface area (Å²) in [6.07, 6.45) is 0. The van der Waals surface area contributed by atoms with Crippen molar-refractivity contribution in [1.29, 1.82) is 0 Å². The van der Waals surface area contributed by atoms with E-state index in [2.05, 4.69) is 4.98 Å². The van der Waals surface area contributed by atoms with Crippen molar-refractivity contribution in [1.82, 2.24) is 4.98 Å². The molecule has 0 radical (unpaired) electrons. The van der Waals surface area contributed by atoms with Crippen molar-refractivity contribution in [3.63, 3.8) is 0 Å². The maximum absolute atomic E-state index is 14.3. The normalized spacial score (nSPS) is 11.1. The van der Waals surface area contributed by atoms with Gasteiger partial charge in [0, 0.05) is 42.7 Å². The SMILES string of the molecule is COC(=O)c1ccc(-c2cccc(-c3[nH]c4ccc(F)cc4c3-c3c(Cl)cccc3Cl)c2)c(Cl)c1. The summed E-state index contributed by atoms with van der Waals surface area (Å²) in [6, 6.07) is 22.6. The number of carbonyl (C=O) groups is 1. The first-order chi connectivity index (χ1) is 16.9. The van der Waals surface area contributed by atoms with Gasteiger partial charge in [-0.1, -0.05) is 65.1 Å². The molecule has 0 amide bonds. The Labute approximate surface area is 216 Å². The monoisotopic (exact) mass is 523 g/mol. The van der Waals surface area contributed by atoms with Gasteiger partial charge in [-0.2, -0.15) is 0 Å². The summed E-state index contributed by atoms with van der Waals surface area (Å²) in [7, 11) is 1.32. The Morgan fingerprint density at radius 2 is 1.51 bits per heavy atom. The number of fused-ring (bicyclic) bond motifs is 1. The second-order valence-corrected chi connectivity index (χ2v) is 9.15. The zero-order chi connectivity index (χ0) is 24.7. The lowest BCUT2D eigenvalue weighted by Crippen LogP contribution is -2.00. The number of esters is 1. The van der Waals surface area contributed by atoms with E-state index in [1.54, 1.807) is 42.5 Å². The van der Waals surface area contributed by atoms with Gasteiger partial charge in [-0.25, -0.2) is 9.18 Å². The molecule has 1 N–H and O–H groups in total. The van der Waals surface area contributed by atoms with E-state index >= 15 is 0 Å². The number of carbonyl (C=O) groups excluding carboxylic acids is 1. The predicted molar refractivity (Wildman–Crippen MR) is 141 cm³/mol. The van der Waals surface area contributed by atoms with Gasteiger partial charge in [-0.15, -0.1) is 0 Å². The third-order valence-corrected chi connectivity index (χ3v) is 6.77. The molecule has 0 saturated carbocycles. The number of H-pyrrole nitrogens is 1. The number of aromatic nitrogens is 1. The van der Waals surface area contributed by atoms with E-state index in [-0.39, 0.29) is 5.82 Å². The first-order valence-electron chi connectivity index (χ1n) is 10.6. The van der Waals surface area contributed by atoms with E-state index in [0.29, 0.717) is 37.1 Å². The van der Waals surface area contributed by atoms with Gasteiger partial charge in [0.15, 0.2) is 0 Å². The molecule has 4 aromatic carbocycles. The Morgan fingerprint density at radius 1 is 0.800 bits per heavy atom. The predicted octanol–water partition coefficient (Wildman–Crippen LogP) is 9.05. The fourth-order valence-electron chi connectivity index (χ4n) is 4.21. The highest BCUT2D eigenvalue weighted by atomic mass is 35.5. The lowest BCUT2D eigenvalue weighted by molar-refractivity contribution is 0.0600. The molecule has 0 unspecified atom stereocenters. The maximum Gasteiger partial charge on any atom is 0.337 e. The number of halogens is 4. The number of hydrogen-bond donors (Lipinski definition) is 1. The Morgan fingerprint density at radius 3 is 2.23 bits per heavy atom. The highest BCUT2D eigenvalue weighted by molar-refractivity contribution is 6.40. The van der Waals surface area contributed by atoms with Gasteiger partial charge < -0.3 is 9.72 Å². The van der Waals surface area contributed by atoms with E-state index in [1.165, 1.54) is 19.2 Å². The Kier molecular flexibility index (Phi) is 6.28. The number of ether oxygens (including phenoxy) is 1. The van der Waals surface area contributed by atoms with Crippen LogP contribution in [0.1, 0.15) is 10.4 Å². The molecule has 0 fully saturated rings. The van der Waals surface area contributed by atoms with Gasteiger partial charge in [0.05, 0.1) is 18.4 Å². The minimum absolute atomic E-state index is 0.362. The average molecular weight is 525 g/mol. The number of rotatable bonds is 4. The lowest BCUT2D eigenvalue weighted by Gasteiger charge is -2.12. The molecule has 0 saturated heterocycles. The summed E-state index contributed by atoms with van der Waals surface area (Å²) in [5.41, 5.74) is 5.60. The Balaban J connectivity index is 1.72. The van der Waals surface area contributed by atoms with Gasteiger partial charge in [0.25, 0.3) is 0 Å². The number of benzene rings is 4. The van der Waals surface area contributed by atoms with Crippen LogP contribution in [0.3, 0.4) is 0 Å². The molecule has 174 valence electrons. The summed E-state index contributed by atoms with van der Waals surface area (Å²) in [4.78, 5) is 15.3. The maximum atomic E-state index is 14.3. The zero-order valence-corrected chi connectivity index (χ0v) is 20.6. The Hall–Kier alpha value is -3.31. The summed E-state index contributed by atoms with van der Waals surface area (Å²) >= 11 is 19.7. The van der Waals surface area contributed by atoms with Crippen molar-refractivity contribution >= 4 is 51.7 Å². The molecule has 5 aromatic rings. The molecule has 0 bridgehead atoms. The van der Waals surface area contributed by atoms with Crippen LogP contribution in [0.25, 0.3) is 44.4 Å². The third kappa shape index (κ3) is 4.30. The molecule has 1 aromatic heterocycles. The van der Waals surface area contributed by atoms with Gasteiger partial charge in [0.1, 0.15) is 5.82 Å². The van der Waals surface area contributed by atoms with Crippen LogP contribution in [-0.4, -0.2) is 18.1 Å². The topological polar surface area (TPSA) is 42.1 Å². The molecule has 35 heavy (non-hydrogen) atoms. The van der Waals surface area contributed by atoms with Crippen molar-refractivity contribution in [3.05, 3.63) is 105 Å². The average Bonchev–Trinajstić information content (AvgIpc) is 3.22. The fourth-order valence-corrected chi connectivity index (χ4v) is 5.09. The van der Waals surface area contributed by atoms with Gasteiger partial charge in [0.2, 0.25) is 0 Å². The standard InChI is InChI=1S/C28H17Cl3FNO2/c1-35-28(34)17-8-10-19(23(31)13-17)15-4-2-5-16(12-15)27-25(26-21(29)6-3-7-22(26)30)20-14-18(32)9-11-24(20)33-27/h2-14,33H,1H3. The van der Waals surface area contributed by atoms with Crippen LogP contribution in [-0.2, 0) is 4.74 Å². The fraction of sp³-hybridized carbons (Fsp3) is 0.0357. The number of methoxy groups -OCH3 is 1. The van der Waals surface area contributed by atoms with E-state index < -0.39 is 5.97 Å². The first kappa shape index (κ1) is 23.4. The largest absolute Gasteiger partial charge is 0.465 e. The van der Waals surface area contributed by atoms with Crippen molar-refractivity contribution in [3.8, 4) is 33.5 Å². The molecule has 0 aliphatic rings. The van der Waals surface area contributed by atoms with Crippen molar-refractivity contribution in [2.45, 2.75) is 0 Å². The quantitative estimate of drug-likeness (QED) is 0.238. The first-order valence-corrected chi connectivity index (χ1v) is 11.7. The van der Waals surface area contributed by atoms with E-state index in [0.717, 1.165) is 27.9 Å². The number of nitrogens with one attached hydrogen (secondary N) is 1. The van der Waals surface area contributed by atoms with E-state index in [9.17, 15) is 9.18 Å². The Bertz CT molecular complexity index is 1590. The van der Waals surface area contributed by atoms with Crippen LogP contribution >= 0.6 is 34.8 Å². The second-order valence-electron chi connectivity index (χ2n) is 7.93. The number of hydrogen-bond acceptors (Lipinski definition) is 2. The number of aromatic amines is 1. The van der Waals surface area contributed by atoms with Crippen LogP contribution in [0, 0.1) is 5.82 Å². The molecule has 7 heteroatoms. The second kappa shape index (κ2) is 9.38. The van der Waals surface area contributed by atoms with Crippen molar-refractivity contribution in [2.75, 3.05) is 7.11 Å². The van der Waals surface area contributed by atoms with Gasteiger partial charge in [-0.05, 0) is 59.7 Å². The van der Waals surface area contributed by atoms with E-state index in [4.69, 9.17) is 39.5 Å². The third-order valence-electron chi connectivity index (χ3n) is 5.83. The zero-order valence-electron chi connectivity index (χ0n) is 18.3. The highest BCUT2D eigenvalue weighted by Gasteiger charge is 2.21. The molecule has 5 rings (SSSR count). The molecule has 3 nitrogen and oxygen atoms in total. The van der Waals surface area contributed by atoms with Crippen molar-refractivity contribution in [2.24, 2.45) is 0 Å².